The highest BCUT2D eigenvalue weighted by Gasteiger charge is 2.19. The van der Waals surface area contributed by atoms with Gasteiger partial charge in [0.15, 0.2) is 0 Å². The van der Waals surface area contributed by atoms with Crippen molar-refractivity contribution in [3.05, 3.63) is 84.4 Å². The van der Waals surface area contributed by atoms with Gasteiger partial charge in [-0.2, -0.15) is 0 Å². The number of benzene rings is 3. The second-order valence-electron chi connectivity index (χ2n) is 9.13. The summed E-state index contributed by atoms with van der Waals surface area (Å²) in [6.45, 7) is 4.93. The first kappa shape index (κ1) is 20.3. The molecular weight excluding hydrogens is 376 g/mol. The first-order chi connectivity index (χ1) is 15.4. The third-order valence-electron chi connectivity index (χ3n) is 7.14. The number of fused-ring (bicyclic) bond motifs is 3. The summed E-state index contributed by atoms with van der Waals surface area (Å²) in [6.07, 6.45) is 7.90. The van der Waals surface area contributed by atoms with E-state index in [4.69, 9.17) is 0 Å². The second kappa shape index (κ2) is 9.70. The number of unbranched alkanes of at least 4 members (excludes halogenated alkanes) is 3. The highest BCUT2D eigenvalue weighted by atomic mass is 15.1. The average molecular weight is 411 g/mol. The average Bonchev–Trinajstić information content (AvgIpc) is 3.16. The van der Waals surface area contributed by atoms with Gasteiger partial charge < -0.3 is 9.47 Å². The van der Waals surface area contributed by atoms with Crippen LogP contribution in [0.3, 0.4) is 0 Å². The van der Waals surface area contributed by atoms with Crippen molar-refractivity contribution in [3.63, 3.8) is 0 Å². The van der Waals surface area contributed by atoms with Gasteiger partial charge in [0.2, 0.25) is 0 Å². The Morgan fingerprint density at radius 3 is 1.77 bits per heavy atom. The molecule has 1 fully saturated rings. The maximum Gasteiger partial charge on any atom is 0.0491 e. The number of hydrogen-bond acceptors (Lipinski definition) is 1. The summed E-state index contributed by atoms with van der Waals surface area (Å²) in [7, 11) is 0. The van der Waals surface area contributed by atoms with Gasteiger partial charge in [0, 0.05) is 28.4 Å². The maximum absolute atomic E-state index is 2.69. The van der Waals surface area contributed by atoms with Crippen LogP contribution in [-0.4, -0.2) is 29.1 Å². The van der Waals surface area contributed by atoms with Gasteiger partial charge in [0.1, 0.15) is 0 Å². The highest BCUT2D eigenvalue weighted by Crippen LogP contribution is 2.30. The smallest absolute Gasteiger partial charge is 0.0491 e. The summed E-state index contributed by atoms with van der Waals surface area (Å²) < 4.78 is 2.53. The molecule has 2 heterocycles. The lowest BCUT2D eigenvalue weighted by molar-refractivity contribution is 0.208. The van der Waals surface area contributed by atoms with E-state index in [1.807, 2.05) is 0 Å². The third kappa shape index (κ3) is 4.55. The predicted molar refractivity (Wildman–Crippen MR) is 133 cm³/mol. The van der Waals surface area contributed by atoms with Crippen molar-refractivity contribution in [3.8, 4) is 0 Å². The standard InChI is InChI=1S/C29H34N2/c1(10-20-30-22-18-25(19-23-30)24-12-4-3-5-13-24)2-11-21-31-28-16-8-6-14-26(28)27-15-7-9-17-29(27)31/h3-9,12-17,25H,1-2,10-11,18-23H2. The molecule has 1 aliphatic rings. The summed E-state index contributed by atoms with van der Waals surface area (Å²) in [5.41, 5.74) is 4.29. The van der Waals surface area contributed by atoms with Gasteiger partial charge in [-0.05, 0) is 68.9 Å². The lowest BCUT2D eigenvalue weighted by Gasteiger charge is -2.32. The zero-order valence-electron chi connectivity index (χ0n) is 18.5. The normalized spacial score (nSPS) is 15.7. The summed E-state index contributed by atoms with van der Waals surface area (Å²) in [6, 6.07) is 28.8. The molecule has 0 radical (unpaired) electrons. The zero-order valence-corrected chi connectivity index (χ0v) is 18.5. The number of likely N-dealkylation sites (tertiary alicyclic amines) is 1. The van der Waals surface area contributed by atoms with Gasteiger partial charge >= 0.3 is 0 Å². The fraction of sp³-hybridized carbons (Fsp3) is 0.379. The lowest BCUT2D eigenvalue weighted by atomic mass is 9.89. The largest absolute Gasteiger partial charge is 0.340 e. The van der Waals surface area contributed by atoms with Crippen LogP contribution < -0.4 is 0 Å². The van der Waals surface area contributed by atoms with Crippen molar-refractivity contribution in [2.75, 3.05) is 19.6 Å². The van der Waals surface area contributed by atoms with Crippen molar-refractivity contribution < 1.29 is 0 Å². The number of piperidine rings is 1. The molecule has 0 spiro atoms. The summed E-state index contributed by atoms with van der Waals surface area (Å²) in [4.78, 5) is 2.69. The van der Waals surface area contributed by atoms with Crippen LogP contribution in [0.5, 0.6) is 0 Å². The van der Waals surface area contributed by atoms with Gasteiger partial charge in [-0.15, -0.1) is 0 Å². The van der Waals surface area contributed by atoms with Crippen LogP contribution in [0.15, 0.2) is 78.9 Å². The van der Waals surface area contributed by atoms with E-state index < -0.39 is 0 Å². The van der Waals surface area contributed by atoms with Crippen molar-refractivity contribution in [2.24, 2.45) is 0 Å². The number of nitrogens with zero attached hydrogens (tertiary/aromatic N) is 2. The van der Waals surface area contributed by atoms with Gasteiger partial charge in [0.25, 0.3) is 0 Å². The van der Waals surface area contributed by atoms with Crippen molar-refractivity contribution in [2.45, 2.75) is 51.0 Å². The molecule has 0 unspecified atom stereocenters. The van der Waals surface area contributed by atoms with Crippen LogP contribution in [0.2, 0.25) is 0 Å². The van der Waals surface area contributed by atoms with E-state index in [-0.39, 0.29) is 0 Å². The van der Waals surface area contributed by atoms with E-state index in [1.54, 1.807) is 0 Å². The topological polar surface area (TPSA) is 8.17 Å². The van der Waals surface area contributed by atoms with Gasteiger partial charge in [-0.3, -0.25) is 0 Å². The Morgan fingerprint density at radius 2 is 1.13 bits per heavy atom. The minimum absolute atomic E-state index is 0.767. The third-order valence-corrected chi connectivity index (χ3v) is 7.14. The highest BCUT2D eigenvalue weighted by molar-refractivity contribution is 6.07. The molecule has 4 aromatic rings. The first-order valence-electron chi connectivity index (χ1n) is 12.1. The van der Waals surface area contributed by atoms with Crippen LogP contribution in [-0.2, 0) is 6.54 Å². The fourth-order valence-electron chi connectivity index (χ4n) is 5.42. The van der Waals surface area contributed by atoms with E-state index in [1.165, 1.54) is 85.5 Å². The molecular formula is C29H34N2. The molecule has 2 heteroatoms. The van der Waals surface area contributed by atoms with Crippen LogP contribution >= 0.6 is 0 Å². The summed E-state index contributed by atoms with van der Waals surface area (Å²) in [5, 5.41) is 2.77. The Labute approximate surface area is 186 Å². The monoisotopic (exact) mass is 410 g/mol. The van der Waals surface area contributed by atoms with Gasteiger partial charge in [-0.1, -0.05) is 79.6 Å². The Morgan fingerprint density at radius 1 is 0.581 bits per heavy atom. The van der Waals surface area contributed by atoms with Crippen molar-refractivity contribution >= 4 is 21.8 Å². The minimum atomic E-state index is 0.767. The number of hydrogen-bond donors (Lipinski definition) is 0. The van der Waals surface area contributed by atoms with Crippen LogP contribution in [0.25, 0.3) is 21.8 Å². The maximum atomic E-state index is 2.69. The number of para-hydroxylation sites is 2. The molecule has 2 nitrogen and oxygen atoms in total. The molecule has 0 amide bonds. The number of aryl methyl sites for hydroxylation is 1. The Hall–Kier alpha value is -2.58. The molecule has 0 saturated carbocycles. The molecule has 5 rings (SSSR count). The molecule has 1 saturated heterocycles. The van der Waals surface area contributed by atoms with E-state index >= 15 is 0 Å². The minimum Gasteiger partial charge on any atom is -0.340 e. The Bertz CT molecular complexity index is 1050. The molecule has 0 N–H and O–H groups in total. The van der Waals surface area contributed by atoms with Crippen LogP contribution in [0, 0.1) is 0 Å². The molecule has 3 aromatic carbocycles. The molecule has 1 aromatic heterocycles. The quantitative estimate of drug-likeness (QED) is 0.278. The lowest BCUT2D eigenvalue weighted by Crippen LogP contribution is -2.33. The van der Waals surface area contributed by atoms with Crippen LogP contribution in [0.1, 0.15) is 50.0 Å². The molecule has 1 aliphatic heterocycles. The predicted octanol–water partition coefficient (Wildman–Crippen LogP) is 7.23. The van der Waals surface area contributed by atoms with E-state index in [0.717, 1.165) is 12.5 Å². The van der Waals surface area contributed by atoms with Crippen LogP contribution in [0.4, 0.5) is 0 Å². The summed E-state index contributed by atoms with van der Waals surface area (Å²) >= 11 is 0. The van der Waals surface area contributed by atoms with Gasteiger partial charge in [-0.25, -0.2) is 0 Å². The van der Waals surface area contributed by atoms with Crippen molar-refractivity contribution in [1.82, 2.24) is 9.47 Å². The molecule has 160 valence electrons. The molecule has 0 aliphatic carbocycles. The zero-order chi connectivity index (χ0) is 20.9. The molecule has 31 heavy (non-hydrogen) atoms. The Kier molecular flexibility index (Phi) is 6.36. The van der Waals surface area contributed by atoms with E-state index in [2.05, 4.69) is 88.3 Å². The van der Waals surface area contributed by atoms with E-state index in [0.29, 0.717) is 0 Å². The number of rotatable bonds is 8. The Balaban J connectivity index is 1.06. The number of aromatic nitrogens is 1. The molecule has 0 bridgehead atoms. The second-order valence-corrected chi connectivity index (χ2v) is 9.13. The first-order valence-corrected chi connectivity index (χ1v) is 12.1. The summed E-state index contributed by atoms with van der Waals surface area (Å²) in [5.74, 6) is 0.767. The molecule has 0 atom stereocenters. The van der Waals surface area contributed by atoms with Gasteiger partial charge in [0.05, 0.1) is 0 Å². The fourth-order valence-corrected chi connectivity index (χ4v) is 5.42. The van der Waals surface area contributed by atoms with E-state index in [9.17, 15) is 0 Å². The van der Waals surface area contributed by atoms with Crippen molar-refractivity contribution in [1.29, 1.82) is 0 Å². The SMILES string of the molecule is c1ccc(C2CCN(CCCCCCn3c4ccccc4c4ccccc43)CC2)cc1.